The maximum Gasteiger partial charge on any atom is 0.182 e. The molecule has 132 heavy (non-hydrogen) atoms. The van der Waals surface area contributed by atoms with Crippen LogP contribution in [0.2, 0.25) is 0 Å². The van der Waals surface area contributed by atoms with E-state index in [9.17, 15) is 108 Å². The highest BCUT2D eigenvalue weighted by molar-refractivity contribution is 7.87. The van der Waals surface area contributed by atoms with Crippen molar-refractivity contribution in [1.29, 1.82) is 0 Å². The third-order valence-corrected chi connectivity index (χ3v) is 26.9. The molecule has 6 rings (SSSR count). The first-order valence-corrected chi connectivity index (χ1v) is 48.5. The van der Waals surface area contributed by atoms with Gasteiger partial charge in [0, 0.05) is 83.5 Å². The molecular formula is C90H147O36S6-3. The zero-order chi connectivity index (χ0) is 98.2. The molecule has 0 aliphatic carbocycles. The number of methoxy groups -OCH3 is 12. The fourth-order valence-corrected chi connectivity index (χ4v) is 19.7. The Morgan fingerprint density at radius 1 is 0.235 bits per heavy atom. The first-order valence-electron chi connectivity index (χ1n) is 40.0. The Morgan fingerprint density at radius 3 is 0.689 bits per heavy atom. The Kier molecular flexibility index (Phi) is 57.5. The summed E-state index contributed by atoms with van der Waals surface area (Å²) in [4.78, 5) is -3.60. The van der Waals surface area contributed by atoms with E-state index in [2.05, 4.69) is 0 Å². The van der Waals surface area contributed by atoms with Gasteiger partial charge < -0.3 is 115 Å². The molecule has 6 aromatic rings. The second kappa shape index (κ2) is 56.9. The van der Waals surface area contributed by atoms with Gasteiger partial charge in [-0.05, 0) is 119 Å². The van der Waals surface area contributed by atoms with Crippen LogP contribution < -0.4 is 56.8 Å². The maximum atomic E-state index is 11.7. The number of hydrogen-bond donors (Lipinski definition) is 6. The maximum absolute atomic E-state index is 11.7. The predicted octanol–water partition coefficient (Wildman–Crippen LogP) is 17.9. The summed E-state index contributed by atoms with van der Waals surface area (Å²) in [5.41, 5.74) is 4.66. The summed E-state index contributed by atoms with van der Waals surface area (Å²) in [5.74, 6) is -3.29. The molecule has 6 aromatic carbocycles. The van der Waals surface area contributed by atoms with Crippen molar-refractivity contribution in [3.05, 3.63) is 89.0 Å². The number of ether oxygens (including phenoxy) is 12. The highest BCUT2D eigenvalue weighted by atomic mass is 32.2. The molecule has 36 nitrogen and oxygen atoms in total. The monoisotopic (exact) mass is 2000 g/mol. The fourth-order valence-electron chi connectivity index (χ4n) is 14.4. The minimum absolute atomic E-state index is 0. The smallest absolute Gasteiger partial charge is 0.182 e. The van der Waals surface area contributed by atoms with Gasteiger partial charge in [0.2, 0.25) is 0 Å². The van der Waals surface area contributed by atoms with E-state index in [4.69, 9.17) is 56.8 Å². The molecule has 6 N–H and O–H groups in total. The lowest BCUT2D eigenvalue weighted by atomic mass is 9.89. The van der Waals surface area contributed by atoms with Crippen LogP contribution in [0.1, 0.15) is 287 Å². The third-order valence-electron chi connectivity index (χ3n) is 21.4. The molecule has 0 aliphatic heterocycles. The quantitative estimate of drug-likeness (QED) is 0.0157. The van der Waals surface area contributed by atoms with Crippen LogP contribution in [0, 0.1) is 36.1 Å². The van der Waals surface area contributed by atoms with E-state index >= 15 is 0 Å². The molecule has 6 atom stereocenters. The summed E-state index contributed by atoms with van der Waals surface area (Å²) in [7, 11) is -13.7. The average molecular weight is 2000 g/mol. The molecule has 42 heteroatoms. The molecule has 0 aromatic heterocycles. The largest absolute Gasteiger partial charge is 0.744 e. The highest BCUT2D eigenvalue weighted by Crippen LogP contribution is 2.56. The predicted molar refractivity (Wildman–Crippen MR) is 503 cm³/mol. The molecule has 762 valence electrons. The van der Waals surface area contributed by atoms with Gasteiger partial charge in [-0.25, -0.2) is 50.5 Å². The molecular weight excluding hydrogens is 1850 g/mol. The van der Waals surface area contributed by atoms with E-state index in [-0.39, 0.29) is 213 Å². The van der Waals surface area contributed by atoms with Crippen LogP contribution in [0.4, 0.5) is 0 Å². The van der Waals surface area contributed by atoms with Crippen molar-refractivity contribution in [2.75, 3.05) is 85.3 Å². The zero-order valence-corrected chi connectivity index (χ0v) is 85.2. The van der Waals surface area contributed by atoms with Crippen molar-refractivity contribution in [3.8, 4) is 103 Å². The fraction of sp³-hybridized carbons (Fsp3) is 0.567. The van der Waals surface area contributed by atoms with Gasteiger partial charge in [-0.3, -0.25) is 0 Å². The zero-order valence-electron chi connectivity index (χ0n) is 80.3. The van der Waals surface area contributed by atoms with Gasteiger partial charge >= 0.3 is 0 Å². The van der Waals surface area contributed by atoms with Crippen LogP contribution in [-0.4, -0.2) is 194 Å². The van der Waals surface area contributed by atoms with E-state index < -0.39 is 90.1 Å². The van der Waals surface area contributed by atoms with Crippen LogP contribution in [0.25, 0.3) is 0 Å². The SMILES string of the molecule is C.C.C.CCC(C)c1c(C)c(OC)c(S(=O)(=O)[O-])c(OC)c1O.CCC(C)c1c(O)c(C)c(S(=O)(=O)[O-])c(OC)c1OC.CCCc1c(O)c(C(C)CC)c(OC)c(OC)c1S(=O)(=O)[O-].CCCc1c(OC)c(S(=O)(=O)[O-])c(OC)c(O)c1C(C)CC.CCc1c(O)c(C(C)CC)c(OC)c(OC)c1S(=O)(=O)[O-].CCc1c(OC)c(S(=O)(=O)[O-])c(OC)c(O)c1C(C)CC.[CH3+].[CH3+].[CH3+]. The van der Waals surface area contributed by atoms with E-state index in [1.54, 1.807) is 20.8 Å². The van der Waals surface area contributed by atoms with Gasteiger partial charge in [0.1, 0.15) is 125 Å². The highest BCUT2D eigenvalue weighted by Gasteiger charge is 2.37. The van der Waals surface area contributed by atoms with E-state index in [0.717, 1.165) is 19.3 Å². The van der Waals surface area contributed by atoms with Gasteiger partial charge in [-0.15, -0.1) is 0 Å². The average Bonchev–Trinajstić information content (AvgIpc) is 0.762. The summed E-state index contributed by atoms with van der Waals surface area (Å²) in [6.45, 7) is 33.1. The summed E-state index contributed by atoms with van der Waals surface area (Å²) in [6, 6.07) is 0. The first-order chi connectivity index (χ1) is 58.4. The summed E-state index contributed by atoms with van der Waals surface area (Å²) >= 11 is 0. The first kappa shape index (κ1) is 134. The molecule has 0 fully saturated rings. The molecule has 0 saturated heterocycles. The van der Waals surface area contributed by atoms with Gasteiger partial charge in [0.05, 0.1) is 85.3 Å². The van der Waals surface area contributed by atoms with Crippen LogP contribution in [0.5, 0.6) is 103 Å². The van der Waals surface area contributed by atoms with Gasteiger partial charge in [-0.1, -0.05) is 146 Å². The summed E-state index contributed by atoms with van der Waals surface area (Å²) < 4.78 is 269. The van der Waals surface area contributed by atoms with Crippen molar-refractivity contribution < 1.29 is 165 Å². The van der Waals surface area contributed by atoms with Crippen molar-refractivity contribution >= 4 is 60.7 Å². The Hall–Kier alpha value is -9.21. The second-order valence-electron chi connectivity index (χ2n) is 28.9. The van der Waals surface area contributed by atoms with Crippen molar-refractivity contribution in [2.24, 2.45) is 0 Å². The Balaban J connectivity index is -0.000000358. The number of phenols is 6. The van der Waals surface area contributed by atoms with Gasteiger partial charge in [0.15, 0.2) is 69.0 Å². The van der Waals surface area contributed by atoms with Crippen molar-refractivity contribution in [1.82, 2.24) is 0 Å². The molecule has 0 spiro atoms. The standard InChI is InChI=1S/2C15H24O6S.2C14H22O6S.2C13H20O6S.3CH4.3CH3/c1-6-8-10-12(16)11(9(3)7-2)13(20-4)14(21-5)15(10)22(17,18)19;1-6-8-10-11(9(3)7-2)12(16)14(21-5)15(13(10)20-4)22(17,18)19;1-6-8(3)10-11(15)9(7-2)14(21(16,17)18)13(20-5)12(10)19-4;1-6-8(3)10-9(7-2)12(19-4)14(21(16,17)18)13(20-5)11(10)15;1-6-7(2)9-10(14)8(3)13(20(15,16)17)12(19-5)11(9)18-4;1-6-7(2)9-8(3)11(18-4)13(20(15,16)17)12(19-5)10(9)14;;;;;;/h2*9,16H,6-8H2,1-5H3,(H,17,18,19);2*8,15H,6-7H2,1-5H3,(H,16,17,18);2*7,14H,6H2,1-5H3,(H,15,16,17);3*1H4;3*1H3/q;;;;;;;;;3*+1/p-6. The number of rotatable bonds is 36. The van der Waals surface area contributed by atoms with E-state index in [1.165, 1.54) is 92.2 Å². The summed E-state index contributed by atoms with van der Waals surface area (Å²) in [5, 5.41) is 62.3. The Labute approximate surface area is 787 Å². The lowest BCUT2D eigenvalue weighted by Crippen LogP contribution is -2.11. The molecule has 0 amide bonds. The lowest BCUT2D eigenvalue weighted by Gasteiger charge is -2.25. The van der Waals surface area contributed by atoms with Gasteiger partial charge in [-0.2, -0.15) is 0 Å². The molecule has 0 aliphatic rings. The third kappa shape index (κ3) is 29.9. The molecule has 0 saturated carbocycles. The van der Waals surface area contributed by atoms with Crippen molar-refractivity contribution in [2.45, 2.75) is 289 Å². The number of benzene rings is 6. The van der Waals surface area contributed by atoms with Crippen LogP contribution in [0.3, 0.4) is 0 Å². The van der Waals surface area contributed by atoms with Crippen molar-refractivity contribution in [3.63, 3.8) is 0 Å². The normalized spacial score (nSPS) is 12.5. The van der Waals surface area contributed by atoms with Crippen LogP contribution in [-0.2, 0) is 86.4 Å². The topological polar surface area (TPSA) is 575 Å². The molecule has 0 radical (unpaired) electrons. The number of phenolic OH excluding ortho intramolecular Hbond substituents is 6. The number of aromatic hydroxyl groups is 6. The lowest BCUT2D eigenvalue weighted by molar-refractivity contribution is 0.330. The van der Waals surface area contributed by atoms with E-state index in [0.29, 0.717) is 95.0 Å². The molecule has 0 bridgehead atoms. The molecule has 6 unspecified atom stereocenters. The van der Waals surface area contributed by atoms with E-state index in [1.807, 2.05) is 96.9 Å². The summed E-state index contributed by atoms with van der Waals surface area (Å²) in [6.07, 6.45) is 6.96. The Bertz CT molecular complexity index is 5320. The minimum Gasteiger partial charge on any atom is -0.744 e. The van der Waals surface area contributed by atoms with Crippen LogP contribution in [0.15, 0.2) is 29.4 Å². The van der Waals surface area contributed by atoms with Gasteiger partial charge in [0.25, 0.3) is 0 Å². The number of hydrogen-bond acceptors (Lipinski definition) is 36. The minimum atomic E-state index is -4.86. The molecule has 0 heterocycles. The Morgan fingerprint density at radius 2 is 0.439 bits per heavy atom. The second-order valence-corrected chi connectivity index (χ2v) is 36.8. The van der Waals surface area contributed by atoms with Crippen LogP contribution >= 0.6 is 0 Å².